The average Bonchev–Trinajstić information content (AvgIpc) is 2.70. The van der Waals surface area contributed by atoms with E-state index in [1.54, 1.807) is 0 Å². The molecule has 6 nitrogen and oxygen atoms in total. The molecule has 6 heteroatoms. The fourth-order valence-corrected chi connectivity index (χ4v) is 1.62. The van der Waals surface area contributed by atoms with E-state index >= 15 is 0 Å². The number of rotatable bonds is 6. The topological polar surface area (TPSA) is 79.5 Å². The summed E-state index contributed by atoms with van der Waals surface area (Å²) in [6.45, 7) is 11.1. The maximum absolute atomic E-state index is 10.7. The van der Waals surface area contributed by atoms with Crippen molar-refractivity contribution >= 4 is 5.97 Å². The molecule has 0 aliphatic carbocycles. The van der Waals surface area contributed by atoms with Gasteiger partial charge in [-0.15, -0.1) is 0 Å². The van der Waals surface area contributed by atoms with Gasteiger partial charge in [-0.1, -0.05) is 19.0 Å². The maximum Gasteiger partial charge on any atom is 0.304 e. The molecule has 1 heterocycles. The van der Waals surface area contributed by atoms with Crippen LogP contribution in [0.4, 0.5) is 0 Å². The van der Waals surface area contributed by atoms with Gasteiger partial charge in [0.25, 0.3) is 0 Å². The van der Waals surface area contributed by atoms with Crippen molar-refractivity contribution in [1.82, 2.24) is 15.0 Å². The van der Waals surface area contributed by atoms with Crippen LogP contribution in [0.25, 0.3) is 0 Å². The Kier molecular flexibility index (Phi) is 5.05. The van der Waals surface area contributed by atoms with E-state index in [0.717, 1.165) is 0 Å². The summed E-state index contributed by atoms with van der Waals surface area (Å²) in [5, 5.41) is 12.7. The van der Waals surface area contributed by atoms with Gasteiger partial charge < -0.3 is 9.63 Å². The van der Waals surface area contributed by atoms with Crippen molar-refractivity contribution in [2.75, 3.05) is 6.54 Å². The normalized spacial score (nSPS) is 12.4. The second kappa shape index (κ2) is 6.14. The number of carboxylic acid groups (broad SMARTS) is 1. The predicted octanol–water partition coefficient (Wildman–Crippen LogP) is 2.27. The van der Waals surface area contributed by atoms with Crippen molar-refractivity contribution in [3.63, 3.8) is 0 Å². The molecule has 1 aromatic heterocycles. The lowest BCUT2D eigenvalue weighted by Gasteiger charge is -2.34. The Morgan fingerprint density at radius 1 is 1.42 bits per heavy atom. The van der Waals surface area contributed by atoms with E-state index in [2.05, 4.69) is 10.1 Å². The summed E-state index contributed by atoms with van der Waals surface area (Å²) in [5.41, 5.74) is -0.145. The van der Waals surface area contributed by atoms with Crippen molar-refractivity contribution < 1.29 is 14.4 Å². The molecule has 0 spiro atoms. The average molecular weight is 269 g/mol. The molecule has 0 aliphatic rings. The van der Waals surface area contributed by atoms with E-state index in [-0.39, 0.29) is 17.9 Å². The summed E-state index contributed by atoms with van der Waals surface area (Å²) in [7, 11) is 0. The first-order chi connectivity index (χ1) is 8.70. The minimum absolute atomic E-state index is 0.103. The van der Waals surface area contributed by atoms with Gasteiger partial charge in [-0.3, -0.25) is 9.69 Å². The van der Waals surface area contributed by atoms with Crippen LogP contribution >= 0.6 is 0 Å². The lowest BCUT2D eigenvalue weighted by atomic mass is 10.1. The Balaban J connectivity index is 2.73. The monoisotopic (exact) mass is 269 g/mol. The van der Waals surface area contributed by atoms with Crippen LogP contribution in [0, 0.1) is 0 Å². The van der Waals surface area contributed by atoms with Gasteiger partial charge in [0.1, 0.15) is 0 Å². The highest BCUT2D eigenvalue weighted by Crippen LogP contribution is 2.18. The number of hydrogen-bond acceptors (Lipinski definition) is 5. The molecule has 0 fully saturated rings. The zero-order chi connectivity index (χ0) is 14.6. The highest BCUT2D eigenvalue weighted by molar-refractivity contribution is 5.66. The zero-order valence-corrected chi connectivity index (χ0v) is 12.3. The Hall–Kier alpha value is -1.43. The van der Waals surface area contributed by atoms with Crippen LogP contribution in [0.15, 0.2) is 4.52 Å². The van der Waals surface area contributed by atoms with E-state index in [9.17, 15) is 4.79 Å². The number of nitrogens with zero attached hydrogens (tertiary/aromatic N) is 3. The quantitative estimate of drug-likeness (QED) is 0.853. The largest absolute Gasteiger partial charge is 0.481 e. The van der Waals surface area contributed by atoms with E-state index in [1.165, 1.54) is 0 Å². The summed E-state index contributed by atoms with van der Waals surface area (Å²) in [6.07, 6.45) is 0.103. The minimum atomic E-state index is -0.801. The lowest BCUT2D eigenvalue weighted by molar-refractivity contribution is -0.137. The van der Waals surface area contributed by atoms with Gasteiger partial charge in [-0.2, -0.15) is 4.98 Å². The van der Waals surface area contributed by atoms with Gasteiger partial charge in [0.15, 0.2) is 5.82 Å². The third kappa shape index (κ3) is 4.98. The molecule has 0 aliphatic heterocycles. The molecule has 0 unspecified atom stereocenters. The van der Waals surface area contributed by atoms with Crippen LogP contribution in [0.3, 0.4) is 0 Å². The molecule has 19 heavy (non-hydrogen) atoms. The standard InChI is InChI=1S/C13H23N3O3/c1-9(2)12-14-10(15-19-12)8-16(13(3,4)5)7-6-11(17)18/h9H,6-8H2,1-5H3,(H,17,18). The first kappa shape index (κ1) is 15.6. The van der Waals surface area contributed by atoms with Gasteiger partial charge in [-0.05, 0) is 20.8 Å². The second-order valence-corrected chi connectivity index (χ2v) is 5.94. The summed E-state index contributed by atoms with van der Waals surface area (Å²) >= 11 is 0. The van der Waals surface area contributed by atoms with Gasteiger partial charge in [0.2, 0.25) is 5.89 Å². The first-order valence-electron chi connectivity index (χ1n) is 6.49. The Bertz CT molecular complexity index is 421. The molecular weight excluding hydrogens is 246 g/mol. The minimum Gasteiger partial charge on any atom is -0.481 e. The maximum atomic E-state index is 10.7. The summed E-state index contributed by atoms with van der Waals surface area (Å²) in [5.74, 6) is 0.611. The van der Waals surface area contributed by atoms with Crippen LogP contribution in [0.1, 0.15) is 58.7 Å². The van der Waals surface area contributed by atoms with Crippen molar-refractivity contribution in [2.45, 2.75) is 59.0 Å². The van der Waals surface area contributed by atoms with E-state index in [0.29, 0.717) is 24.8 Å². The molecule has 0 radical (unpaired) electrons. The van der Waals surface area contributed by atoms with Crippen molar-refractivity contribution in [3.05, 3.63) is 11.7 Å². The van der Waals surface area contributed by atoms with Gasteiger partial charge in [0.05, 0.1) is 13.0 Å². The zero-order valence-electron chi connectivity index (χ0n) is 12.3. The number of aromatic nitrogens is 2. The Morgan fingerprint density at radius 3 is 2.47 bits per heavy atom. The molecule has 0 bridgehead atoms. The van der Waals surface area contributed by atoms with Crippen LogP contribution in [-0.4, -0.2) is 38.2 Å². The molecule has 1 rings (SSSR count). The van der Waals surface area contributed by atoms with E-state index in [4.69, 9.17) is 9.63 Å². The van der Waals surface area contributed by atoms with E-state index in [1.807, 2.05) is 39.5 Å². The number of carboxylic acids is 1. The highest BCUT2D eigenvalue weighted by atomic mass is 16.5. The molecule has 0 amide bonds. The third-order valence-electron chi connectivity index (χ3n) is 2.85. The summed E-state index contributed by atoms with van der Waals surface area (Å²) < 4.78 is 5.16. The molecule has 0 aromatic carbocycles. The molecule has 0 saturated carbocycles. The number of carbonyl (C=O) groups is 1. The molecule has 0 atom stereocenters. The fourth-order valence-electron chi connectivity index (χ4n) is 1.62. The smallest absolute Gasteiger partial charge is 0.304 e. The van der Waals surface area contributed by atoms with Crippen molar-refractivity contribution in [1.29, 1.82) is 0 Å². The van der Waals surface area contributed by atoms with E-state index < -0.39 is 5.97 Å². The molecule has 1 N–H and O–H groups in total. The lowest BCUT2D eigenvalue weighted by Crippen LogP contribution is -2.42. The van der Waals surface area contributed by atoms with Gasteiger partial charge in [-0.25, -0.2) is 0 Å². The summed E-state index contributed by atoms with van der Waals surface area (Å²) in [6, 6.07) is 0. The SMILES string of the molecule is CC(C)c1nc(CN(CCC(=O)O)C(C)(C)C)no1. The molecule has 1 aromatic rings. The molecule has 108 valence electrons. The number of hydrogen-bond donors (Lipinski definition) is 1. The van der Waals surface area contributed by atoms with Gasteiger partial charge in [0, 0.05) is 18.0 Å². The fraction of sp³-hybridized carbons (Fsp3) is 0.769. The third-order valence-corrected chi connectivity index (χ3v) is 2.85. The van der Waals surface area contributed by atoms with Gasteiger partial charge >= 0.3 is 5.97 Å². The highest BCUT2D eigenvalue weighted by Gasteiger charge is 2.24. The summed E-state index contributed by atoms with van der Waals surface area (Å²) in [4.78, 5) is 17.1. The first-order valence-corrected chi connectivity index (χ1v) is 6.49. The Morgan fingerprint density at radius 2 is 2.05 bits per heavy atom. The second-order valence-electron chi connectivity index (χ2n) is 5.94. The molecular formula is C13H23N3O3. The molecule has 0 saturated heterocycles. The van der Waals surface area contributed by atoms with Crippen LogP contribution < -0.4 is 0 Å². The van der Waals surface area contributed by atoms with Crippen LogP contribution in [0.5, 0.6) is 0 Å². The van der Waals surface area contributed by atoms with Crippen molar-refractivity contribution in [3.8, 4) is 0 Å². The van der Waals surface area contributed by atoms with Crippen LogP contribution in [0.2, 0.25) is 0 Å². The number of aliphatic carboxylic acids is 1. The predicted molar refractivity (Wildman–Crippen MR) is 70.8 cm³/mol. The van der Waals surface area contributed by atoms with Crippen molar-refractivity contribution in [2.24, 2.45) is 0 Å². The van der Waals surface area contributed by atoms with Crippen LogP contribution in [-0.2, 0) is 11.3 Å². The Labute approximate surface area is 113 Å².